The predicted molar refractivity (Wildman–Crippen MR) is 99.9 cm³/mol. The van der Waals surface area contributed by atoms with Gasteiger partial charge in [-0.15, -0.1) is 0 Å². The molecule has 7 nitrogen and oxygen atoms in total. The third-order valence-corrected chi connectivity index (χ3v) is 5.78. The first-order valence-corrected chi connectivity index (χ1v) is 9.90. The summed E-state index contributed by atoms with van der Waals surface area (Å²) in [4.78, 5) is 0. The van der Waals surface area contributed by atoms with E-state index in [1.54, 1.807) is 0 Å². The number of aryl methyl sites for hydroxylation is 2. The van der Waals surface area contributed by atoms with E-state index < -0.39 is 6.23 Å². The van der Waals surface area contributed by atoms with Crippen LogP contribution in [0.4, 0.5) is 0 Å². The number of rotatable bonds is 4. The van der Waals surface area contributed by atoms with E-state index in [1.807, 2.05) is 10.7 Å². The molecule has 2 aromatic rings. The van der Waals surface area contributed by atoms with Crippen molar-refractivity contribution in [1.82, 2.24) is 20.4 Å². The normalized spacial score (nSPS) is 23.6. The standard InChI is InChI=1S/C20H26N4O3/c25-20-19-15-11-14(3-4-16(15)23-24(19)9-1-7-22-20)21-8-6-13-2-5-17-18(10-13)27-12-26-17/h2,5,10,14,20-22,25H,1,3-4,6-9,11-12H2. The molecule has 0 radical (unpaired) electrons. The summed E-state index contributed by atoms with van der Waals surface area (Å²) in [6.45, 7) is 2.95. The Kier molecular flexibility index (Phi) is 4.51. The Morgan fingerprint density at radius 2 is 2.22 bits per heavy atom. The Hall–Kier alpha value is -2.09. The van der Waals surface area contributed by atoms with Crippen LogP contribution in [0.25, 0.3) is 0 Å². The fourth-order valence-electron chi connectivity index (χ4n) is 4.38. The number of hydrogen-bond donors (Lipinski definition) is 3. The largest absolute Gasteiger partial charge is 0.454 e. The molecule has 0 amide bonds. The van der Waals surface area contributed by atoms with Crippen molar-refractivity contribution in [2.24, 2.45) is 0 Å². The van der Waals surface area contributed by atoms with E-state index in [9.17, 15) is 5.11 Å². The van der Waals surface area contributed by atoms with E-state index in [0.29, 0.717) is 12.8 Å². The Balaban J connectivity index is 1.22. The van der Waals surface area contributed by atoms with E-state index in [4.69, 9.17) is 14.6 Å². The number of nitrogens with zero attached hydrogens (tertiary/aromatic N) is 2. The van der Waals surface area contributed by atoms with Gasteiger partial charge in [0, 0.05) is 18.2 Å². The van der Waals surface area contributed by atoms with Crippen molar-refractivity contribution in [3.63, 3.8) is 0 Å². The van der Waals surface area contributed by atoms with Gasteiger partial charge in [-0.25, -0.2) is 0 Å². The lowest BCUT2D eigenvalue weighted by Gasteiger charge is -2.24. The van der Waals surface area contributed by atoms with Crippen LogP contribution in [-0.4, -0.2) is 40.8 Å². The van der Waals surface area contributed by atoms with Crippen LogP contribution >= 0.6 is 0 Å². The topological polar surface area (TPSA) is 80.6 Å². The van der Waals surface area contributed by atoms with Crippen LogP contribution in [0.5, 0.6) is 11.5 Å². The molecule has 2 atom stereocenters. The third-order valence-electron chi connectivity index (χ3n) is 5.78. The van der Waals surface area contributed by atoms with Gasteiger partial charge in [0.2, 0.25) is 6.79 Å². The summed E-state index contributed by atoms with van der Waals surface area (Å²) in [5.74, 6) is 1.68. The Morgan fingerprint density at radius 3 is 3.19 bits per heavy atom. The second-order valence-corrected chi connectivity index (χ2v) is 7.58. The van der Waals surface area contributed by atoms with Gasteiger partial charge in [-0.3, -0.25) is 10.00 Å². The van der Waals surface area contributed by atoms with Crippen molar-refractivity contribution in [1.29, 1.82) is 0 Å². The van der Waals surface area contributed by atoms with Crippen LogP contribution in [0.1, 0.15) is 41.6 Å². The van der Waals surface area contributed by atoms with E-state index >= 15 is 0 Å². The molecule has 7 heteroatoms. The summed E-state index contributed by atoms with van der Waals surface area (Å²) in [6.07, 6.45) is 4.36. The number of fused-ring (bicyclic) bond motifs is 4. The van der Waals surface area contributed by atoms with Crippen LogP contribution in [0.3, 0.4) is 0 Å². The van der Waals surface area contributed by atoms with Gasteiger partial charge in [0.1, 0.15) is 6.23 Å². The summed E-state index contributed by atoms with van der Waals surface area (Å²) in [6, 6.07) is 6.59. The highest BCUT2D eigenvalue weighted by molar-refractivity contribution is 5.44. The molecule has 3 heterocycles. The second kappa shape index (κ2) is 7.14. The number of benzene rings is 1. The summed E-state index contributed by atoms with van der Waals surface area (Å²) in [5, 5.41) is 22.1. The minimum Gasteiger partial charge on any atom is -0.454 e. The van der Waals surface area contributed by atoms with E-state index in [0.717, 1.165) is 68.9 Å². The molecule has 27 heavy (non-hydrogen) atoms. The zero-order valence-corrected chi connectivity index (χ0v) is 15.4. The molecule has 1 aromatic heterocycles. The minimum absolute atomic E-state index is 0.318. The maximum Gasteiger partial charge on any atom is 0.231 e. The lowest BCUT2D eigenvalue weighted by Crippen LogP contribution is -2.36. The first-order valence-electron chi connectivity index (χ1n) is 9.90. The van der Waals surface area contributed by atoms with Gasteiger partial charge in [-0.1, -0.05) is 6.07 Å². The first kappa shape index (κ1) is 17.0. The fraction of sp³-hybridized carbons (Fsp3) is 0.550. The van der Waals surface area contributed by atoms with Gasteiger partial charge >= 0.3 is 0 Å². The number of nitrogens with one attached hydrogen (secondary N) is 2. The Morgan fingerprint density at radius 1 is 1.30 bits per heavy atom. The number of ether oxygens (including phenoxy) is 2. The second-order valence-electron chi connectivity index (χ2n) is 7.58. The van der Waals surface area contributed by atoms with E-state index in [1.165, 1.54) is 16.8 Å². The first-order chi connectivity index (χ1) is 13.3. The number of aliphatic hydroxyl groups is 1. The number of aromatic nitrogens is 2. The van der Waals surface area contributed by atoms with Crippen LogP contribution in [0, 0.1) is 0 Å². The quantitative estimate of drug-likeness (QED) is 0.753. The molecule has 144 valence electrons. The molecule has 5 rings (SSSR count). The summed E-state index contributed by atoms with van der Waals surface area (Å²) in [5.41, 5.74) is 4.64. The average Bonchev–Trinajstić information content (AvgIpc) is 3.23. The molecular weight excluding hydrogens is 344 g/mol. The molecule has 1 aliphatic carbocycles. The highest BCUT2D eigenvalue weighted by Gasteiger charge is 2.29. The highest BCUT2D eigenvalue weighted by Crippen LogP contribution is 2.33. The van der Waals surface area contributed by atoms with E-state index in [-0.39, 0.29) is 0 Å². The zero-order valence-electron chi connectivity index (χ0n) is 15.4. The zero-order chi connectivity index (χ0) is 18.2. The monoisotopic (exact) mass is 370 g/mol. The van der Waals surface area contributed by atoms with Gasteiger partial charge in [0.15, 0.2) is 11.5 Å². The van der Waals surface area contributed by atoms with Crippen LogP contribution in [0.15, 0.2) is 18.2 Å². The number of aliphatic hydroxyl groups excluding tert-OH is 1. The van der Waals surface area contributed by atoms with Gasteiger partial charge in [-0.2, -0.15) is 5.10 Å². The summed E-state index contributed by atoms with van der Waals surface area (Å²) < 4.78 is 12.8. The van der Waals surface area contributed by atoms with Gasteiger partial charge in [0.25, 0.3) is 0 Å². The Bertz CT molecular complexity index is 835. The maximum atomic E-state index is 10.5. The van der Waals surface area contributed by atoms with Crippen molar-refractivity contribution in [2.45, 2.75) is 50.9 Å². The van der Waals surface area contributed by atoms with Gasteiger partial charge in [-0.05, 0) is 62.9 Å². The van der Waals surface area contributed by atoms with Crippen molar-refractivity contribution < 1.29 is 14.6 Å². The van der Waals surface area contributed by atoms with E-state index in [2.05, 4.69) is 22.8 Å². The van der Waals surface area contributed by atoms with Crippen LogP contribution in [-0.2, 0) is 25.8 Å². The molecule has 0 saturated carbocycles. The average molecular weight is 370 g/mol. The molecule has 2 unspecified atom stereocenters. The molecule has 3 aliphatic rings. The molecule has 0 fully saturated rings. The third kappa shape index (κ3) is 3.31. The summed E-state index contributed by atoms with van der Waals surface area (Å²) >= 11 is 0. The van der Waals surface area contributed by atoms with Crippen molar-refractivity contribution in [3.8, 4) is 11.5 Å². The maximum absolute atomic E-state index is 10.5. The van der Waals surface area contributed by atoms with Crippen molar-refractivity contribution in [3.05, 3.63) is 40.7 Å². The van der Waals surface area contributed by atoms with Crippen LogP contribution < -0.4 is 20.1 Å². The highest BCUT2D eigenvalue weighted by atomic mass is 16.7. The lowest BCUT2D eigenvalue weighted by atomic mass is 9.91. The van der Waals surface area contributed by atoms with Gasteiger partial charge in [0.05, 0.1) is 11.4 Å². The van der Waals surface area contributed by atoms with Crippen molar-refractivity contribution in [2.75, 3.05) is 19.9 Å². The lowest BCUT2D eigenvalue weighted by molar-refractivity contribution is 0.135. The van der Waals surface area contributed by atoms with Gasteiger partial charge < -0.3 is 19.9 Å². The summed E-state index contributed by atoms with van der Waals surface area (Å²) in [7, 11) is 0. The smallest absolute Gasteiger partial charge is 0.231 e. The molecule has 3 N–H and O–H groups in total. The molecule has 2 aliphatic heterocycles. The molecule has 0 spiro atoms. The molecule has 0 bridgehead atoms. The predicted octanol–water partition coefficient (Wildman–Crippen LogP) is 1.29. The Labute approximate surface area is 158 Å². The minimum atomic E-state index is -0.601. The molecule has 1 aromatic carbocycles. The molecule has 0 saturated heterocycles. The molecular formula is C20H26N4O3. The fourth-order valence-corrected chi connectivity index (χ4v) is 4.38. The SMILES string of the molecule is OC1NCCCn2nc3c(c21)CC(NCCc1ccc2c(c1)OCO2)CC3. The van der Waals surface area contributed by atoms with Crippen LogP contribution in [0.2, 0.25) is 0 Å². The van der Waals surface area contributed by atoms with Crippen molar-refractivity contribution >= 4 is 0 Å². The number of hydrogen-bond acceptors (Lipinski definition) is 6.